The average molecular weight is 308 g/mol. The number of nitrogens with zero attached hydrogens (tertiary/aromatic N) is 1. The minimum Gasteiger partial charge on any atom is -0.489 e. The topological polar surface area (TPSA) is 39.2 Å². The Labute approximate surface area is 131 Å². The molecule has 0 aliphatic heterocycles. The van der Waals surface area contributed by atoms with Crippen molar-refractivity contribution in [3.63, 3.8) is 0 Å². The van der Waals surface area contributed by atoms with E-state index in [1.54, 1.807) is 0 Å². The van der Waals surface area contributed by atoms with Crippen molar-refractivity contribution in [1.82, 2.24) is 9.55 Å². The molecule has 0 amide bonds. The molecule has 2 rings (SSSR count). The Bertz CT molecular complexity index is 631. The number of hydrogen-bond donors (Lipinski definition) is 1. The zero-order valence-electron chi connectivity index (χ0n) is 13.0. The lowest BCUT2D eigenvalue weighted by Crippen LogP contribution is -2.06. The number of nitrogens with one attached hydrogen (secondary N) is 1. The van der Waals surface area contributed by atoms with Crippen LogP contribution in [0.1, 0.15) is 33.6 Å². The smallest absolute Gasteiger partial charge is 0.178 e. The van der Waals surface area contributed by atoms with Gasteiger partial charge in [0.1, 0.15) is 11.3 Å². The summed E-state index contributed by atoms with van der Waals surface area (Å²) in [4.78, 5) is 3.27. The van der Waals surface area contributed by atoms with Crippen molar-refractivity contribution in [3.8, 4) is 5.75 Å². The minimum absolute atomic E-state index is 0.142. The number of aromatic nitrogens is 2. The molecule has 0 aliphatic carbocycles. The molecular formula is C16H24N2O2S. The molecule has 0 spiro atoms. The predicted molar refractivity (Wildman–Crippen MR) is 88.6 cm³/mol. The highest BCUT2D eigenvalue weighted by atomic mass is 32.1. The van der Waals surface area contributed by atoms with Crippen LogP contribution >= 0.6 is 12.2 Å². The summed E-state index contributed by atoms with van der Waals surface area (Å²) in [6.45, 7) is 8.61. The van der Waals surface area contributed by atoms with Crippen LogP contribution in [0.15, 0.2) is 18.2 Å². The van der Waals surface area contributed by atoms with Gasteiger partial charge in [0, 0.05) is 19.8 Å². The molecule has 4 nitrogen and oxygen atoms in total. The summed E-state index contributed by atoms with van der Waals surface area (Å²) >= 11 is 5.44. The van der Waals surface area contributed by atoms with Crippen LogP contribution in [0.5, 0.6) is 5.75 Å². The van der Waals surface area contributed by atoms with Crippen LogP contribution in [-0.4, -0.2) is 28.9 Å². The first kappa shape index (κ1) is 16.0. The molecule has 21 heavy (non-hydrogen) atoms. The fraction of sp³-hybridized carbons (Fsp3) is 0.562. The fourth-order valence-electron chi connectivity index (χ4n) is 2.30. The maximum atomic E-state index is 5.84. The lowest BCUT2D eigenvalue weighted by Gasteiger charge is -2.10. The summed E-state index contributed by atoms with van der Waals surface area (Å²) in [6.07, 6.45) is 2.15. The van der Waals surface area contributed by atoms with Gasteiger partial charge in [0.05, 0.1) is 11.6 Å². The molecule has 0 atom stereocenters. The molecule has 0 aliphatic rings. The van der Waals surface area contributed by atoms with Crippen LogP contribution in [-0.2, 0) is 11.3 Å². The van der Waals surface area contributed by atoms with Gasteiger partial charge in [0.25, 0.3) is 0 Å². The molecule has 0 radical (unpaired) electrons. The van der Waals surface area contributed by atoms with Crippen molar-refractivity contribution in [2.24, 2.45) is 0 Å². The maximum Gasteiger partial charge on any atom is 0.178 e. The number of rotatable bonds is 8. The van der Waals surface area contributed by atoms with Gasteiger partial charge in [0.2, 0.25) is 0 Å². The van der Waals surface area contributed by atoms with Gasteiger partial charge < -0.3 is 19.0 Å². The van der Waals surface area contributed by atoms with Crippen LogP contribution in [0.2, 0.25) is 0 Å². The lowest BCUT2D eigenvalue weighted by molar-refractivity contribution is 0.129. The van der Waals surface area contributed by atoms with Crippen molar-refractivity contribution < 1.29 is 9.47 Å². The van der Waals surface area contributed by atoms with Gasteiger partial charge >= 0.3 is 0 Å². The first-order chi connectivity index (χ1) is 10.1. The van der Waals surface area contributed by atoms with Crippen molar-refractivity contribution in [3.05, 3.63) is 23.0 Å². The Hall–Kier alpha value is -1.33. The molecule has 0 saturated carbocycles. The Morgan fingerprint density at radius 2 is 2.10 bits per heavy atom. The summed E-state index contributed by atoms with van der Waals surface area (Å²) in [5.41, 5.74) is 2.07. The fourth-order valence-corrected chi connectivity index (χ4v) is 2.59. The number of aromatic amines is 1. The van der Waals surface area contributed by atoms with Crippen molar-refractivity contribution in [2.45, 2.75) is 46.3 Å². The second-order valence-corrected chi connectivity index (χ2v) is 5.75. The van der Waals surface area contributed by atoms with Crippen LogP contribution < -0.4 is 4.74 Å². The number of aryl methyl sites for hydroxylation is 1. The maximum absolute atomic E-state index is 5.84. The van der Waals surface area contributed by atoms with Gasteiger partial charge in [-0.05, 0) is 51.0 Å². The van der Waals surface area contributed by atoms with E-state index in [1.807, 2.05) is 26.0 Å². The predicted octanol–water partition coefficient (Wildman–Crippen LogP) is 4.30. The molecule has 1 N–H and O–H groups in total. The van der Waals surface area contributed by atoms with Gasteiger partial charge in [-0.15, -0.1) is 0 Å². The SMILES string of the molecule is CCCOCCCn1c(=S)[nH]c2c(OC(C)C)cccc21. The number of para-hydroxylation sites is 1. The van der Waals surface area contributed by atoms with Crippen LogP contribution in [0.3, 0.4) is 0 Å². The molecular weight excluding hydrogens is 284 g/mol. The molecule has 5 heteroatoms. The minimum atomic E-state index is 0.142. The van der Waals surface area contributed by atoms with E-state index in [1.165, 1.54) is 0 Å². The number of ether oxygens (including phenoxy) is 2. The summed E-state index contributed by atoms with van der Waals surface area (Å²) in [5.74, 6) is 0.856. The summed E-state index contributed by atoms with van der Waals surface area (Å²) < 4.78 is 14.2. The second kappa shape index (κ2) is 7.61. The zero-order valence-corrected chi connectivity index (χ0v) is 13.8. The molecule has 2 aromatic rings. The first-order valence-corrected chi connectivity index (χ1v) is 8.00. The largest absolute Gasteiger partial charge is 0.489 e. The molecule has 0 unspecified atom stereocenters. The Morgan fingerprint density at radius 3 is 2.81 bits per heavy atom. The van der Waals surface area contributed by atoms with Gasteiger partial charge in [-0.3, -0.25) is 0 Å². The molecule has 116 valence electrons. The van der Waals surface area contributed by atoms with Gasteiger partial charge in [0.15, 0.2) is 4.77 Å². The quantitative estimate of drug-likeness (QED) is 0.583. The van der Waals surface area contributed by atoms with Crippen LogP contribution in [0.4, 0.5) is 0 Å². The van der Waals surface area contributed by atoms with E-state index in [4.69, 9.17) is 21.7 Å². The lowest BCUT2D eigenvalue weighted by atomic mass is 10.3. The highest BCUT2D eigenvalue weighted by Crippen LogP contribution is 2.26. The summed E-state index contributed by atoms with van der Waals surface area (Å²) in [6, 6.07) is 6.05. The summed E-state index contributed by atoms with van der Waals surface area (Å²) in [7, 11) is 0. The third-order valence-corrected chi connectivity index (χ3v) is 3.48. The van der Waals surface area contributed by atoms with Gasteiger partial charge in [-0.2, -0.15) is 0 Å². The standard InChI is InChI=1S/C16H24N2O2S/c1-4-10-19-11-6-9-18-13-7-5-8-14(20-12(2)3)15(13)17-16(18)21/h5,7-8,12H,4,6,9-11H2,1-3H3,(H,17,21). The number of hydrogen-bond acceptors (Lipinski definition) is 3. The Morgan fingerprint density at radius 1 is 1.29 bits per heavy atom. The van der Waals surface area contributed by atoms with Crippen molar-refractivity contribution in [2.75, 3.05) is 13.2 Å². The molecule has 1 aromatic carbocycles. The monoisotopic (exact) mass is 308 g/mol. The molecule has 0 bridgehead atoms. The van der Waals surface area contributed by atoms with Crippen LogP contribution in [0, 0.1) is 4.77 Å². The molecule has 0 saturated heterocycles. The second-order valence-electron chi connectivity index (χ2n) is 5.36. The van der Waals surface area contributed by atoms with E-state index in [9.17, 15) is 0 Å². The third-order valence-electron chi connectivity index (χ3n) is 3.15. The van der Waals surface area contributed by atoms with E-state index in [-0.39, 0.29) is 6.10 Å². The highest BCUT2D eigenvalue weighted by molar-refractivity contribution is 7.71. The van der Waals surface area contributed by atoms with E-state index in [2.05, 4.69) is 22.5 Å². The molecule has 1 heterocycles. The van der Waals surface area contributed by atoms with Gasteiger partial charge in [-0.25, -0.2) is 0 Å². The molecule has 0 fully saturated rings. The molecule has 1 aromatic heterocycles. The normalized spacial score (nSPS) is 11.4. The first-order valence-electron chi connectivity index (χ1n) is 7.59. The zero-order chi connectivity index (χ0) is 15.2. The van der Waals surface area contributed by atoms with E-state index in [0.717, 1.165) is 54.2 Å². The summed E-state index contributed by atoms with van der Waals surface area (Å²) in [5, 5.41) is 0. The third kappa shape index (κ3) is 4.08. The number of benzene rings is 1. The Balaban J connectivity index is 2.17. The van der Waals surface area contributed by atoms with E-state index >= 15 is 0 Å². The number of fused-ring (bicyclic) bond motifs is 1. The average Bonchev–Trinajstić information content (AvgIpc) is 2.76. The van der Waals surface area contributed by atoms with Crippen molar-refractivity contribution in [1.29, 1.82) is 0 Å². The van der Waals surface area contributed by atoms with Gasteiger partial charge in [-0.1, -0.05) is 13.0 Å². The number of imidazole rings is 1. The van der Waals surface area contributed by atoms with Crippen LogP contribution in [0.25, 0.3) is 11.0 Å². The Kier molecular flexibility index (Phi) is 5.82. The van der Waals surface area contributed by atoms with Crippen molar-refractivity contribution >= 4 is 23.3 Å². The van der Waals surface area contributed by atoms with E-state index < -0.39 is 0 Å². The number of H-pyrrole nitrogens is 1. The van der Waals surface area contributed by atoms with E-state index in [0.29, 0.717) is 0 Å². The highest BCUT2D eigenvalue weighted by Gasteiger charge is 2.10.